The lowest BCUT2D eigenvalue weighted by molar-refractivity contribution is -0.116. The molecule has 0 atom stereocenters. The van der Waals surface area contributed by atoms with Gasteiger partial charge in [0.25, 0.3) is 0 Å². The first-order valence-corrected chi connectivity index (χ1v) is 7.88. The maximum Gasteiger partial charge on any atom is 0.225 e. The van der Waals surface area contributed by atoms with Crippen LogP contribution in [0.2, 0.25) is 15.1 Å². The second kappa shape index (κ2) is 8.39. The average Bonchev–Trinajstić information content (AvgIpc) is 2.49. The Labute approximate surface area is 144 Å². The quantitative estimate of drug-likeness (QED) is 0.731. The minimum Gasteiger partial charge on any atom is -0.325 e. The van der Waals surface area contributed by atoms with Gasteiger partial charge in [0.05, 0.1) is 10.7 Å². The van der Waals surface area contributed by atoms with Crippen LogP contribution in [-0.4, -0.2) is 12.5 Å². The zero-order chi connectivity index (χ0) is 15.9. The van der Waals surface area contributed by atoms with Gasteiger partial charge in [-0.2, -0.15) is 0 Å². The molecule has 0 aliphatic rings. The van der Waals surface area contributed by atoms with Crippen molar-refractivity contribution in [3.63, 3.8) is 0 Å². The van der Waals surface area contributed by atoms with Crippen LogP contribution in [0.15, 0.2) is 42.5 Å². The van der Waals surface area contributed by atoms with Crippen LogP contribution in [0.4, 0.5) is 5.69 Å². The van der Waals surface area contributed by atoms with Gasteiger partial charge in [0.1, 0.15) is 0 Å². The molecule has 2 aromatic rings. The Morgan fingerprint density at radius 3 is 2.36 bits per heavy atom. The molecule has 3 nitrogen and oxygen atoms in total. The number of carbonyl (C=O) groups excluding carboxylic acids is 1. The zero-order valence-corrected chi connectivity index (χ0v) is 14.0. The first kappa shape index (κ1) is 17.1. The third kappa shape index (κ3) is 5.50. The summed E-state index contributed by atoms with van der Waals surface area (Å²) >= 11 is 17.7. The Kier molecular flexibility index (Phi) is 6.52. The van der Waals surface area contributed by atoms with Gasteiger partial charge in [-0.25, -0.2) is 0 Å². The fraction of sp³-hybridized carbons (Fsp3) is 0.188. The Balaban J connectivity index is 1.74. The van der Waals surface area contributed by atoms with Crippen LogP contribution in [0.25, 0.3) is 0 Å². The van der Waals surface area contributed by atoms with Crippen molar-refractivity contribution in [1.82, 2.24) is 5.32 Å². The maximum atomic E-state index is 11.9. The van der Waals surface area contributed by atoms with E-state index in [2.05, 4.69) is 10.6 Å². The molecular formula is C16H15Cl3N2O. The molecule has 0 heterocycles. The van der Waals surface area contributed by atoms with Crippen LogP contribution in [0.3, 0.4) is 0 Å². The summed E-state index contributed by atoms with van der Waals surface area (Å²) in [6.07, 6.45) is 0.344. The van der Waals surface area contributed by atoms with E-state index in [1.165, 1.54) is 0 Å². The third-order valence-corrected chi connectivity index (χ3v) is 3.79. The van der Waals surface area contributed by atoms with Crippen molar-refractivity contribution in [3.05, 3.63) is 63.1 Å². The highest BCUT2D eigenvalue weighted by molar-refractivity contribution is 6.35. The Morgan fingerprint density at radius 1 is 0.955 bits per heavy atom. The minimum absolute atomic E-state index is 0.118. The van der Waals surface area contributed by atoms with Crippen molar-refractivity contribution < 1.29 is 4.79 Å². The van der Waals surface area contributed by atoms with Crippen molar-refractivity contribution in [2.45, 2.75) is 13.0 Å². The standard InChI is InChI=1S/C16H15Cl3N2O/c17-12-3-1-11(2-4-12)10-20-8-7-16(22)21-15-9-13(18)5-6-14(15)19/h1-6,9,20H,7-8,10H2,(H,21,22). The molecule has 0 radical (unpaired) electrons. The van der Waals surface area contributed by atoms with Gasteiger partial charge in [-0.1, -0.05) is 46.9 Å². The van der Waals surface area contributed by atoms with E-state index in [1.807, 2.05) is 24.3 Å². The fourth-order valence-electron chi connectivity index (χ4n) is 1.84. The second-order valence-electron chi connectivity index (χ2n) is 4.73. The van der Waals surface area contributed by atoms with E-state index in [0.717, 1.165) is 5.56 Å². The summed E-state index contributed by atoms with van der Waals surface area (Å²) in [5.74, 6) is -0.118. The van der Waals surface area contributed by atoms with Crippen LogP contribution in [0.1, 0.15) is 12.0 Å². The topological polar surface area (TPSA) is 41.1 Å². The van der Waals surface area contributed by atoms with Crippen molar-refractivity contribution >= 4 is 46.4 Å². The van der Waals surface area contributed by atoms with Gasteiger partial charge in [-0.15, -0.1) is 0 Å². The van der Waals surface area contributed by atoms with Crippen molar-refractivity contribution in [1.29, 1.82) is 0 Å². The van der Waals surface area contributed by atoms with E-state index in [1.54, 1.807) is 18.2 Å². The van der Waals surface area contributed by atoms with Gasteiger partial charge in [0, 0.05) is 29.6 Å². The second-order valence-corrected chi connectivity index (χ2v) is 6.01. The van der Waals surface area contributed by atoms with E-state index in [9.17, 15) is 4.79 Å². The molecule has 2 rings (SSSR count). The summed E-state index contributed by atoms with van der Waals surface area (Å²) in [4.78, 5) is 11.9. The number of anilines is 1. The summed E-state index contributed by atoms with van der Waals surface area (Å²) in [5.41, 5.74) is 1.64. The lowest BCUT2D eigenvalue weighted by Crippen LogP contribution is -2.21. The van der Waals surface area contributed by atoms with E-state index in [-0.39, 0.29) is 5.91 Å². The minimum atomic E-state index is -0.118. The lowest BCUT2D eigenvalue weighted by Gasteiger charge is -2.08. The van der Waals surface area contributed by atoms with E-state index in [0.29, 0.717) is 40.3 Å². The average molecular weight is 358 g/mol. The zero-order valence-electron chi connectivity index (χ0n) is 11.7. The number of nitrogens with one attached hydrogen (secondary N) is 2. The van der Waals surface area contributed by atoms with Gasteiger partial charge in [0.15, 0.2) is 0 Å². The number of rotatable bonds is 6. The molecule has 2 aromatic carbocycles. The molecular weight excluding hydrogens is 343 g/mol. The Morgan fingerprint density at radius 2 is 1.64 bits per heavy atom. The van der Waals surface area contributed by atoms with Crippen LogP contribution in [0, 0.1) is 0 Å². The normalized spacial score (nSPS) is 10.5. The molecule has 22 heavy (non-hydrogen) atoms. The van der Waals surface area contributed by atoms with Crippen molar-refractivity contribution in [2.75, 3.05) is 11.9 Å². The predicted molar refractivity (Wildman–Crippen MR) is 92.9 cm³/mol. The van der Waals surface area contributed by atoms with Crippen LogP contribution in [0.5, 0.6) is 0 Å². The summed E-state index contributed by atoms with van der Waals surface area (Å²) in [6, 6.07) is 12.5. The van der Waals surface area contributed by atoms with Gasteiger partial charge in [0.2, 0.25) is 5.91 Å². The number of hydrogen-bond donors (Lipinski definition) is 2. The lowest BCUT2D eigenvalue weighted by atomic mass is 10.2. The van der Waals surface area contributed by atoms with Crippen LogP contribution < -0.4 is 10.6 Å². The van der Waals surface area contributed by atoms with E-state index in [4.69, 9.17) is 34.8 Å². The van der Waals surface area contributed by atoms with Crippen molar-refractivity contribution in [3.8, 4) is 0 Å². The van der Waals surface area contributed by atoms with Gasteiger partial charge in [-0.3, -0.25) is 4.79 Å². The smallest absolute Gasteiger partial charge is 0.225 e. The molecule has 0 aliphatic carbocycles. The first-order valence-electron chi connectivity index (χ1n) is 6.74. The van der Waals surface area contributed by atoms with Crippen LogP contribution in [-0.2, 0) is 11.3 Å². The molecule has 0 bridgehead atoms. The number of hydrogen-bond acceptors (Lipinski definition) is 2. The Bertz CT molecular complexity index is 644. The predicted octanol–water partition coefficient (Wildman–Crippen LogP) is 4.77. The van der Waals surface area contributed by atoms with E-state index >= 15 is 0 Å². The number of benzene rings is 2. The highest BCUT2D eigenvalue weighted by atomic mass is 35.5. The van der Waals surface area contributed by atoms with Crippen LogP contribution >= 0.6 is 34.8 Å². The summed E-state index contributed by atoms with van der Waals surface area (Å²) in [5, 5.41) is 7.65. The first-order chi connectivity index (χ1) is 10.5. The molecule has 116 valence electrons. The van der Waals surface area contributed by atoms with Gasteiger partial charge < -0.3 is 10.6 Å². The van der Waals surface area contributed by atoms with Gasteiger partial charge >= 0.3 is 0 Å². The monoisotopic (exact) mass is 356 g/mol. The number of carbonyl (C=O) groups is 1. The molecule has 1 amide bonds. The highest BCUT2D eigenvalue weighted by Gasteiger charge is 2.06. The molecule has 2 N–H and O–H groups in total. The highest BCUT2D eigenvalue weighted by Crippen LogP contribution is 2.25. The third-order valence-electron chi connectivity index (χ3n) is 2.97. The maximum absolute atomic E-state index is 11.9. The largest absolute Gasteiger partial charge is 0.325 e. The Hall–Kier alpha value is -1.26. The molecule has 0 aliphatic heterocycles. The number of amides is 1. The molecule has 0 unspecified atom stereocenters. The molecule has 6 heteroatoms. The summed E-state index contributed by atoms with van der Waals surface area (Å²) < 4.78 is 0. The van der Waals surface area contributed by atoms with Crippen molar-refractivity contribution in [2.24, 2.45) is 0 Å². The molecule has 0 spiro atoms. The summed E-state index contributed by atoms with van der Waals surface area (Å²) in [6.45, 7) is 1.25. The molecule has 0 aromatic heterocycles. The fourth-order valence-corrected chi connectivity index (χ4v) is 2.31. The van der Waals surface area contributed by atoms with Gasteiger partial charge in [-0.05, 0) is 35.9 Å². The van der Waals surface area contributed by atoms with E-state index < -0.39 is 0 Å². The number of halogens is 3. The molecule has 0 fully saturated rings. The SMILES string of the molecule is O=C(CCNCc1ccc(Cl)cc1)Nc1cc(Cl)ccc1Cl. The molecule has 0 saturated heterocycles. The molecule has 0 saturated carbocycles. The summed E-state index contributed by atoms with van der Waals surface area (Å²) in [7, 11) is 0.